The second-order valence-electron chi connectivity index (χ2n) is 3.78. The second kappa shape index (κ2) is 7.01. The van der Waals surface area contributed by atoms with Crippen LogP contribution in [-0.2, 0) is 11.3 Å². The van der Waals surface area contributed by atoms with Gasteiger partial charge < -0.3 is 15.0 Å². The van der Waals surface area contributed by atoms with Crippen LogP contribution in [-0.4, -0.2) is 35.4 Å². The molecule has 2 aromatic rings. The number of nitrogens with one attached hydrogen (secondary N) is 3. The van der Waals surface area contributed by atoms with Gasteiger partial charge in [0.25, 0.3) is 0 Å². The van der Waals surface area contributed by atoms with Gasteiger partial charge in [-0.1, -0.05) is 12.1 Å². The SMILES string of the molecule is CNC(=O)NSCCOCc1nc2ccccc2[nH]1. The molecule has 0 aliphatic heterocycles. The minimum atomic E-state index is -0.206. The summed E-state index contributed by atoms with van der Waals surface area (Å²) in [4.78, 5) is 18.5. The average molecular weight is 280 g/mol. The van der Waals surface area contributed by atoms with Crippen LogP contribution in [0.1, 0.15) is 5.82 Å². The summed E-state index contributed by atoms with van der Waals surface area (Å²) in [6.07, 6.45) is 0. The number of H-pyrrole nitrogens is 1. The van der Waals surface area contributed by atoms with E-state index in [1.807, 2.05) is 24.3 Å². The Kier molecular flexibility index (Phi) is 5.05. The zero-order valence-corrected chi connectivity index (χ0v) is 11.4. The van der Waals surface area contributed by atoms with Gasteiger partial charge in [-0.25, -0.2) is 9.78 Å². The van der Waals surface area contributed by atoms with E-state index in [2.05, 4.69) is 20.0 Å². The van der Waals surface area contributed by atoms with E-state index in [1.54, 1.807) is 7.05 Å². The highest BCUT2D eigenvalue weighted by molar-refractivity contribution is 7.97. The van der Waals surface area contributed by atoms with Gasteiger partial charge >= 0.3 is 6.03 Å². The maximum Gasteiger partial charge on any atom is 0.324 e. The molecule has 6 nitrogen and oxygen atoms in total. The van der Waals surface area contributed by atoms with Crippen LogP contribution in [0.2, 0.25) is 0 Å². The normalized spacial score (nSPS) is 10.6. The third kappa shape index (κ3) is 4.15. The van der Waals surface area contributed by atoms with E-state index in [9.17, 15) is 4.79 Å². The molecule has 0 saturated heterocycles. The number of rotatable bonds is 6. The van der Waals surface area contributed by atoms with Crippen molar-refractivity contribution >= 4 is 29.0 Å². The zero-order chi connectivity index (χ0) is 13.5. The molecule has 2 rings (SSSR count). The Morgan fingerprint density at radius 3 is 3.11 bits per heavy atom. The van der Waals surface area contributed by atoms with Crippen LogP contribution in [0.5, 0.6) is 0 Å². The number of amides is 2. The number of benzene rings is 1. The predicted octanol–water partition coefficient (Wildman–Crippen LogP) is 1.66. The molecular formula is C12H16N4O2S. The number of imidazole rings is 1. The Morgan fingerprint density at radius 2 is 2.32 bits per heavy atom. The molecule has 0 aliphatic carbocycles. The standard InChI is InChI=1S/C12H16N4O2S/c1-13-12(17)16-19-7-6-18-8-11-14-9-4-2-3-5-10(9)15-11/h2-5H,6-8H2,1H3,(H,14,15)(H2,13,16,17). The topological polar surface area (TPSA) is 79.0 Å². The first-order valence-electron chi connectivity index (χ1n) is 5.90. The van der Waals surface area contributed by atoms with Crippen molar-refractivity contribution < 1.29 is 9.53 Å². The van der Waals surface area contributed by atoms with Crippen molar-refractivity contribution in [3.63, 3.8) is 0 Å². The smallest absolute Gasteiger partial charge is 0.324 e. The average Bonchev–Trinajstić information content (AvgIpc) is 2.84. The Morgan fingerprint density at radius 1 is 1.47 bits per heavy atom. The number of fused-ring (bicyclic) bond motifs is 1. The van der Waals surface area contributed by atoms with Crippen molar-refractivity contribution in [3.8, 4) is 0 Å². The molecule has 1 heterocycles. The summed E-state index contributed by atoms with van der Waals surface area (Å²) in [5.41, 5.74) is 1.95. The number of hydrogen-bond donors (Lipinski definition) is 3. The van der Waals surface area contributed by atoms with Crippen molar-refractivity contribution in [2.45, 2.75) is 6.61 Å². The first kappa shape index (κ1) is 13.7. The lowest BCUT2D eigenvalue weighted by atomic mass is 10.3. The minimum absolute atomic E-state index is 0.206. The molecule has 0 spiro atoms. The maximum atomic E-state index is 10.9. The molecule has 3 N–H and O–H groups in total. The third-order valence-electron chi connectivity index (χ3n) is 2.40. The van der Waals surface area contributed by atoms with Crippen LogP contribution in [0.25, 0.3) is 11.0 Å². The second-order valence-corrected chi connectivity index (χ2v) is 4.68. The van der Waals surface area contributed by atoms with E-state index in [0.29, 0.717) is 19.0 Å². The van der Waals surface area contributed by atoms with Gasteiger partial charge in [-0.05, 0) is 24.1 Å². The first-order chi connectivity index (χ1) is 9.29. The molecule has 2 amide bonds. The first-order valence-corrected chi connectivity index (χ1v) is 6.89. The fourth-order valence-electron chi connectivity index (χ4n) is 1.51. The third-order valence-corrected chi connectivity index (χ3v) is 3.10. The molecule has 7 heteroatoms. The van der Waals surface area contributed by atoms with Crippen LogP contribution in [0.3, 0.4) is 0 Å². The van der Waals surface area contributed by atoms with Crippen LogP contribution < -0.4 is 10.0 Å². The van der Waals surface area contributed by atoms with Crippen LogP contribution in [0.15, 0.2) is 24.3 Å². The van der Waals surface area contributed by atoms with E-state index in [1.165, 1.54) is 11.9 Å². The van der Waals surface area contributed by atoms with Crippen molar-refractivity contribution in [1.82, 2.24) is 20.0 Å². The highest BCUT2D eigenvalue weighted by Gasteiger charge is 2.01. The van der Waals surface area contributed by atoms with Gasteiger partial charge in [0.2, 0.25) is 0 Å². The number of urea groups is 1. The van der Waals surface area contributed by atoms with Crippen LogP contribution in [0, 0.1) is 0 Å². The van der Waals surface area contributed by atoms with E-state index in [0.717, 1.165) is 16.9 Å². The van der Waals surface area contributed by atoms with Crippen molar-refractivity contribution in [2.24, 2.45) is 0 Å². The zero-order valence-electron chi connectivity index (χ0n) is 10.6. The van der Waals surface area contributed by atoms with Gasteiger partial charge in [0.1, 0.15) is 12.4 Å². The summed E-state index contributed by atoms with van der Waals surface area (Å²) in [5.74, 6) is 1.50. The Bertz CT molecular complexity index is 510. The number of aromatic amines is 1. The number of ether oxygens (including phenoxy) is 1. The quantitative estimate of drug-likeness (QED) is 0.555. The number of aromatic nitrogens is 2. The lowest BCUT2D eigenvalue weighted by Gasteiger charge is -2.03. The molecule has 102 valence electrons. The van der Waals surface area contributed by atoms with Gasteiger partial charge in [0, 0.05) is 12.8 Å². The molecular weight excluding hydrogens is 264 g/mol. The molecule has 0 aliphatic rings. The molecule has 0 bridgehead atoms. The van der Waals surface area contributed by atoms with Crippen molar-refractivity contribution in [1.29, 1.82) is 0 Å². The van der Waals surface area contributed by atoms with E-state index < -0.39 is 0 Å². The lowest BCUT2D eigenvalue weighted by molar-refractivity contribution is 0.131. The van der Waals surface area contributed by atoms with Gasteiger partial charge in [-0.2, -0.15) is 0 Å². The van der Waals surface area contributed by atoms with E-state index >= 15 is 0 Å². The molecule has 0 fully saturated rings. The number of carbonyl (C=O) groups excluding carboxylic acids is 1. The summed E-state index contributed by atoms with van der Waals surface area (Å²) in [6, 6.07) is 7.65. The Labute approximate surface area is 115 Å². The summed E-state index contributed by atoms with van der Waals surface area (Å²) in [6.45, 7) is 0.987. The highest BCUT2D eigenvalue weighted by atomic mass is 32.2. The van der Waals surface area contributed by atoms with Crippen LogP contribution >= 0.6 is 11.9 Å². The fourth-order valence-corrected chi connectivity index (χ4v) is 2.05. The lowest BCUT2D eigenvalue weighted by Crippen LogP contribution is -2.28. The van der Waals surface area contributed by atoms with Crippen molar-refractivity contribution in [2.75, 3.05) is 19.4 Å². The molecule has 0 radical (unpaired) electrons. The Hall–Kier alpha value is -1.73. The van der Waals surface area contributed by atoms with Crippen LogP contribution in [0.4, 0.5) is 4.79 Å². The van der Waals surface area contributed by atoms with Gasteiger partial charge in [-0.15, -0.1) is 0 Å². The molecule has 1 aromatic carbocycles. The maximum absolute atomic E-state index is 10.9. The molecule has 0 unspecified atom stereocenters. The molecule has 0 saturated carbocycles. The Balaban J connectivity index is 1.67. The summed E-state index contributed by atoms with van der Waals surface area (Å²) in [7, 11) is 1.58. The number of hydrogen-bond acceptors (Lipinski definition) is 4. The summed E-state index contributed by atoms with van der Waals surface area (Å²) in [5, 5.41) is 2.47. The number of nitrogens with zero attached hydrogens (tertiary/aromatic N) is 1. The van der Waals surface area contributed by atoms with Gasteiger partial charge in [-0.3, -0.25) is 4.72 Å². The van der Waals surface area contributed by atoms with Gasteiger partial charge in [0.05, 0.1) is 17.6 Å². The summed E-state index contributed by atoms with van der Waals surface area (Å²) < 4.78 is 8.09. The predicted molar refractivity (Wildman–Crippen MR) is 75.8 cm³/mol. The molecule has 19 heavy (non-hydrogen) atoms. The highest BCUT2D eigenvalue weighted by Crippen LogP contribution is 2.10. The van der Waals surface area contributed by atoms with Gasteiger partial charge in [0.15, 0.2) is 0 Å². The van der Waals surface area contributed by atoms with E-state index in [4.69, 9.17) is 4.74 Å². The number of carbonyl (C=O) groups is 1. The van der Waals surface area contributed by atoms with Crippen molar-refractivity contribution in [3.05, 3.63) is 30.1 Å². The molecule has 0 atom stereocenters. The summed E-state index contributed by atoms with van der Waals surface area (Å²) >= 11 is 1.31. The largest absolute Gasteiger partial charge is 0.373 e. The van der Waals surface area contributed by atoms with E-state index in [-0.39, 0.29) is 6.03 Å². The monoisotopic (exact) mass is 280 g/mol. The molecule has 1 aromatic heterocycles. The minimum Gasteiger partial charge on any atom is -0.373 e. The number of para-hydroxylation sites is 2. The fraction of sp³-hybridized carbons (Fsp3) is 0.333.